The van der Waals surface area contributed by atoms with Crippen molar-refractivity contribution in [2.75, 3.05) is 7.11 Å². The van der Waals surface area contributed by atoms with Gasteiger partial charge in [0, 0.05) is 13.5 Å². The number of rotatable bonds is 4. The van der Waals surface area contributed by atoms with E-state index in [0.717, 1.165) is 43.4 Å². The lowest BCUT2D eigenvalue weighted by molar-refractivity contribution is -0.181. The van der Waals surface area contributed by atoms with E-state index in [1.807, 2.05) is 7.11 Å². The van der Waals surface area contributed by atoms with Crippen LogP contribution in [0.1, 0.15) is 85.0 Å². The molecule has 1 N–H and O–H groups in total. The Kier molecular flexibility index (Phi) is 5.60. The van der Waals surface area contributed by atoms with Crippen LogP contribution in [0.25, 0.3) is 0 Å². The average Bonchev–Trinajstić information content (AvgIpc) is 3.03. The molecule has 4 fully saturated rings. The van der Waals surface area contributed by atoms with E-state index in [1.54, 1.807) is 0 Å². The molecule has 10 atom stereocenters. The first-order valence-electron chi connectivity index (χ1n) is 11.9. The standard InChI is InChI=1S/C25H41NO2/c1-16(6-5-13-26)19-7-8-20-23-21(10-12-25(19,20)3)24(2)11-9-18(27)14-17(24)15-22(23)28-4/h16-23,27H,5-12,14-15H2,1-4H3/t16-,17?,18-,19-,20?,21?,22-,23?,24+,25-/m1/s1. The number of nitriles is 1. The molecule has 0 heterocycles. The molecule has 4 aliphatic carbocycles. The van der Waals surface area contributed by atoms with Gasteiger partial charge in [-0.3, -0.25) is 0 Å². The summed E-state index contributed by atoms with van der Waals surface area (Å²) in [5, 5.41) is 19.4. The van der Waals surface area contributed by atoms with Crippen molar-refractivity contribution in [3.05, 3.63) is 0 Å². The number of aliphatic hydroxyl groups is 1. The minimum absolute atomic E-state index is 0.0992. The van der Waals surface area contributed by atoms with Crippen molar-refractivity contribution < 1.29 is 9.84 Å². The molecule has 0 bridgehead atoms. The van der Waals surface area contributed by atoms with Crippen molar-refractivity contribution in [1.82, 2.24) is 0 Å². The van der Waals surface area contributed by atoms with Crippen LogP contribution in [0.4, 0.5) is 0 Å². The van der Waals surface area contributed by atoms with Gasteiger partial charge in [-0.1, -0.05) is 20.8 Å². The third-order valence-corrected chi connectivity index (χ3v) is 10.4. The van der Waals surface area contributed by atoms with E-state index < -0.39 is 0 Å². The molecular formula is C25H41NO2. The fourth-order valence-electron chi connectivity index (χ4n) is 8.89. The Morgan fingerprint density at radius 2 is 1.79 bits per heavy atom. The topological polar surface area (TPSA) is 53.2 Å². The number of nitrogens with zero attached hydrogens (tertiary/aromatic N) is 1. The maximum Gasteiger partial charge on any atom is 0.0621 e. The van der Waals surface area contributed by atoms with E-state index in [9.17, 15) is 5.11 Å². The summed E-state index contributed by atoms with van der Waals surface area (Å²) in [5.74, 6) is 4.27. The fourth-order valence-corrected chi connectivity index (χ4v) is 8.89. The second-order valence-electron chi connectivity index (χ2n) is 11.3. The first kappa shape index (κ1) is 20.7. The molecule has 0 aromatic carbocycles. The van der Waals surface area contributed by atoms with Gasteiger partial charge >= 0.3 is 0 Å². The van der Waals surface area contributed by atoms with E-state index in [-0.39, 0.29) is 6.10 Å². The summed E-state index contributed by atoms with van der Waals surface area (Å²) in [4.78, 5) is 0. The molecule has 0 aliphatic heterocycles. The predicted molar refractivity (Wildman–Crippen MR) is 111 cm³/mol. The molecule has 4 aliphatic rings. The first-order chi connectivity index (χ1) is 13.3. The second kappa shape index (κ2) is 7.59. The Morgan fingerprint density at radius 3 is 2.50 bits per heavy atom. The van der Waals surface area contributed by atoms with Crippen molar-refractivity contribution in [3.63, 3.8) is 0 Å². The summed E-state index contributed by atoms with van der Waals surface area (Å²) in [6.45, 7) is 7.54. The number of fused-ring (bicyclic) bond motifs is 5. The highest BCUT2D eigenvalue weighted by atomic mass is 16.5. The van der Waals surface area contributed by atoms with Gasteiger partial charge in [0.2, 0.25) is 0 Å². The Labute approximate surface area is 172 Å². The van der Waals surface area contributed by atoms with Gasteiger partial charge in [0.25, 0.3) is 0 Å². The Hall–Kier alpha value is -0.590. The molecule has 0 amide bonds. The quantitative estimate of drug-likeness (QED) is 0.686. The molecule has 4 saturated carbocycles. The van der Waals surface area contributed by atoms with Crippen LogP contribution in [-0.2, 0) is 4.74 Å². The zero-order valence-corrected chi connectivity index (χ0v) is 18.5. The molecule has 0 radical (unpaired) electrons. The minimum Gasteiger partial charge on any atom is -0.393 e. The minimum atomic E-state index is -0.0992. The summed E-state index contributed by atoms with van der Waals surface area (Å²) < 4.78 is 6.18. The summed E-state index contributed by atoms with van der Waals surface area (Å²) in [6.07, 6.45) is 11.7. The molecule has 3 heteroatoms. The zero-order chi connectivity index (χ0) is 20.1. The summed E-state index contributed by atoms with van der Waals surface area (Å²) >= 11 is 0. The molecule has 28 heavy (non-hydrogen) atoms. The highest BCUT2D eigenvalue weighted by Crippen LogP contribution is 2.68. The van der Waals surface area contributed by atoms with E-state index >= 15 is 0 Å². The Morgan fingerprint density at radius 1 is 1.07 bits per heavy atom. The van der Waals surface area contributed by atoms with Crippen LogP contribution in [0.2, 0.25) is 0 Å². The Bertz CT molecular complexity index is 614. The monoisotopic (exact) mass is 387 g/mol. The maximum atomic E-state index is 10.3. The van der Waals surface area contributed by atoms with Gasteiger partial charge < -0.3 is 9.84 Å². The molecule has 0 aromatic heterocycles. The van der Waals surface area contributed by atoms with E-state index in [4.69, 9.17) is 10.00 Å². The number of hydrogen-bond acceptors (Lipinski definition) is 3. The lowest BCUT2D eigenvalue weighted by Gasteiger charge is -2.63. The average molecular weight is 388 g/mol. The van der Waals surface area contributed by atoms with Crippen molar-refractivity contribution >= 4 is 0 Å². The molecule has 0 saturated heterocycles. The molecule has 4 unspecified atom stereocenters. The number of methoxy groups -OCH3 is 1. The molecule has 4 rings (SSSR count). The zero-order valence-electron chi connectivity index (χ0n) is 18.5. The largest absolute Gasteiger partial charge is 0.393 e. The molecule has 3 nitrogen and oxygen atoms in total. The third kappa shape index (κ3) is 3.05. The number of aliphatic hydroxyl groups excluding tert-OH is 1. The Balaban J connectivity index is 1.61. The van der Waals surface area contributed by atoms with E-state index in [0.29, 0.717) is 41.1 Å². The van der Waals surface area contributed by atoms with Crippen LogP contribution in [-0.4, -0.2) is 24.4 Å². The highest BCUT2D eigenvalue weighted by Gasteiger charge is 2.63. The summed E-state index contributed by atoms with van der Waals surface area (Å²) in [6, 6.07) is 2.37. The highest BCUT2D eigenvalue weighted by molar-refractivity contribution is 5.12. The van der Waals surface area contributed by atoms with Gasteiger partial charge in [0.1, 0.15) is 0 Å². The lowest BCUT2D eigenvalue weighted by Crippen LogP contribution is -2.59. The van der Waals surface area contributed by atoms with Crippen LogP contribution in [0.5, 0.6) is 0 Å². The van der Waals surface area contributed by atoms with Crippen LogP contribution in [0, 0.1) is 57.7 Å². The predicted octanol–water partition coefficient (Wildman–Crippen LogP) is 5.57. The molecule has 158 valence electrons. The molecule has 0 aromatic rings. The summed E-state index contributed by atoms with van der Waals surface area (Å²) in [7, 11) is 1.93. The van der Waals surface area contributed by atoms with Gasteiger partial charge in [0.15, 0.2) is 0 Å². The number of ether oxygens (including phenoxy) is 1. The van der Waals surface area contributed by atoms with Crippen molar-refractivity contribution in [3.8, 4) is 6.07 Å². The van der Waals surface area contributed by atoms with Gasteiger partial charge in [-0.05, 0) is 104 Å². The van der Waals surface area contributed by atoms with E-state index in [2.05, 4.69) is 26.8 Å². The van der Waals surface area contributed by atoms with Gasteiger partial charge in [-0.15, -0.1) is 0 Å². The van der Waals surface area contributed by atoms with Crippen LogP contribution >= 0.6 is 0 Å². The van der Waals surface area contributed by atoms with Gasteiger partial charge in [0.05, 0.1) is 18.3 Å². The van der Waals surface area contributed by atoms with Gasteiger partial charge in [-0.25, -0.2) is 0 Å². The molecule has 0 spiro atoms. The normalized spacial score (nSPS) is 51.5. The van der Waals surface area contributed by atoms with Gasteiger partial charge in [-0.2, -0.15) is 5.26 Å². The van der Waals surface area contributed by atoms with E-state index in [1.165, 1.54) is 32.1 Å². The maximum absolute atomic E-state index is 10.3. The summed E-state index contributed by atoms with van der Waals surface area (Å²) in [5.41, 5.74) is 0.814. The van der Waals surface area contributed by atoms with Crippen molar-refractivity contribution in [2.24, 2.45) is 46.3 Å². The second-order valence-corrected chi connectivity index (χ2v) is 11.3. The third-order valence-electron chi connectivity index (χ3n) is 10.4. The van der Waals surface area contributed by atoms with Crippen LogP contribution in [0.15, 0.2) is 0 Å². The SMILES string of the molecule is CO[C@@H]1CC2C[C@H](O)CC[C@]2(C)C2CC[C@@]3(C)C(CC[C@@H]3[C@H](C)CCC#N)C21. The van der Waals surface area contributed by atoms with Crippen molar-refractivity contribution in [1.29, 1.82) is 5.26 Å². The van der Waals surface area contributed by atoms with Crippen LogP contribution < -0.4 is 0 Å². The lowest BCUT2D eigenvalue weighted by atomic mass is 9.43. The van der Waals surface area contributed by atoms with Crippen LogP contribution in [0.3, 0.4) is 0 Å². The van der Waals surface area contributed by atoms with Crippen molar-refractivity contribution in [2.45, 2.75) is 97.2 Å². The smallest absolute Gasteiger partial charge is 0.0621 e. The number of hydrogen-bond donors (Lipinski definition) is 1. The first-order valence-corrected chi connectivity index (χ1v) is 11.9. The molecular weight excluding hydrogens is 346 g/mol. The fraction of sp³-hybridized carbons (Fsp3) is 0.960.